The third-order valence-electron chi connectivity index (χ3n) is 10.2. The molecule has 3 aliphatic heterocycles. The summed E-state index contributed by atoms with van der Waals surface area (Å²) < 4.78 is 20.8. The van der Waals surface area contributed by atoms with Crippen molar-refractivity contribution in [2.45, 2.75) is 117 Å². The first-order valence-electron chi connectivity index (χ1n) is 16.0. The Kier molecular flexibility index (Phi) is 7.01. The van der Waals surface area contributed by atoms with Crippen LogP contribution in [0.4, 0.5) is 0 Å². The minimum atomic E-state index is -1.35. The largest absolute Gasteiger partial charge is 0.506 e. The molecule has 1 N–H and O–H groups in total. The second-order valence-corrected chi connectivity index (χ2v) is 14.9. The van der Waals surface area contributed by atoms with Gasteiger partial charge in [-0.1, -0.05) is 41.0 Å². The Morgan fingerprint density at radius 3 is 2.30 bits per heavy atom. The van der Waals surface area contributed by atoms with Crippen LogP contribution in [0.5, 0.6) is 17.2 Å². The fourth-order valence-corrected chi connectivity index (χ4v) is 8.14. The van der Waals surface area contributed by atoms with Crippen LogP contribution in [0.25, 0.3) is 6.08 Å². The zero-order valence-corrected chi connectivity index (χ0v) is 27.6. The molecule has 7 rings (SSSR count). The Hall–Kier alpha value is -3.38. The van der Waals surface area contributed by atoms with Crippen molar-refractivity contribution in [3.05, 3.63) is 69.4 Å². The molecule has 4 bridgehead atoms. The second kappa shape index (κ2) is 10.1. The Morgan fingerprint density at radius 1 is 0.955 bits per heavy atom. The van der Waals surface area contributed by atoms with Gasteiger partial charge in [0.2, 0.25) is 0 Å². The molecule has 6 nitrogen and oxygen atoms in total. The fourth-order valence-electron chi connectivity index (χ4n) is 8.14. The van der Waals surface area contributed by atoms with Crippen molar-refractivity contribution in [1.82, 2.24) is 0 Å². The molecule has 1 aromatic rings. The number of phenols is 1. The van der Waals surface area contributed by atoms with E-state index in [2.05, 4.69) is 26.0 Å². The lowest BCUT2D eigenvalue weighted by Gasteiger charge is -2.56. The molecule has 1 spiro atoms. The number of hydrogen-bond donors (Lipinski definition) is 1. The van der Waals surface area contributed by atoms with Gasteiger partial charge in [-0.2, -0.15) is 0 Å². The molecular weight excluding hydrogens is 552 g/mol. The highest BCUT2D eigenvalue weighted by molar-refractivity contribution is 6.19. The average Bonchev–Trinajstić information content (AvgIpc) is 3.08. The average molecular weight is 599 g/mol. The molecule has 0 aromatic heterocycles. The van der Waals surface area contributed by atoms with Crippen molar-refractivity contribution >= 4 is 17.6 Å². The number of carbonyl (C=O) groups excluding carboxylic acids is 2. The molecule has 1 saturated carbocycles. The SMILES string of the molecule is CC(C)=CCC[C@@]1(C)C=Cc2c(O)c3c(c(CC=C(C)C)c2O1)O[C@@]12C(=C[C@H]4C[C@@H]1C(C)(C)O[C@]2(CC=C(C)C)C4=O)C3=O. The van der Waals surface area contributed by atoms with E-state index in [4.69, 9.17) is 14.2 Å². The van der Waals surface area contributed by atoms with E-state index in [9.17, 15) is 14.7 Å². The van der Waals surface area contributed by atoms with Crippen molar-refractivity contribution in [1.29, 1.82) is 0 Å². The predicted molar refractivity (Wildman–Crippen MR) is 172 cm³/mol. The van der Waals surface area contributed by atoms with E-state index < -0.39 is 28.3 Å². The van der Waals surface area contributed by atoms with E-state index in [1.54, 1.807) is 6.08 Å². The van der Waals surface area contributed by atoms with E-state index in [0.717, 1.165) is 24.0 Å². The van der Waals surface area contributed by atoms with Crippen LogP contribution >= 0.6 is 0 Å². The topological polar surface area (TPSA) is 82.1 Å². The number of Topliss-reactive ketones (excluding diaryl/α,β-unsaturated/α-hetero) is 2. The van der Waals surface area contributed by atoms with Gasteiger partial charge in [0.05, 0.1) is 11.2 Å². The van der Waals surface area contributed by atoms with Crippen molar-refractivity contribution in [3.8, 4) is 17.2 Å². The van der Waals surface area contributed by atoms with Gasteiger partial charge in [0, 0.05) is 29.4 Å². The van der Waals surface area contributed by atoms with E-state index in [1.165, 1.54) is 5.57 Å². The molecule has 3 aliphatic carbocycles. The van der Waals surface area contributed by atoms with E-state index >= 15 is 0 Å². The van der Waals surface area contributed by atoms with Gasteiger partial charge in [0.1, 0.15) is 28.4 Å². The monoisotopic (exact) mass is 598 g/mol. The Morgan fingerprint density at radius 2 is 1.64 bits per heavy atom. The summed E-state index contributed by atoms with van der Waals surface area (Å²) in [4.78, 5) is 29.0. The zero-order chi connectivity index (χ0) is 32.0. The Balaban J connectivity index is 1.59. The van der Waals surface area contributed by atoms with E-state index in [-0.39, 0.29) is 28.8 Å². The fraction of sp³-hybridized carbons (Fsp3) is 0.526. The van der Waals surface area contributed by atoms with Crippen LogP contribution in [0.3, 0.4) is 0 Å². The number of rotatable bonds is 7. The van der Waals surface area contributed by atoms with Gasteiger partial charge < -0.3 is 19.3 Å². The van der Waals surface area contributed by atoms with Gasteiger partial charge in [-0.05, 0) is 100 Å². The van der Waals surface area contributed by atoms with Crippen LogP contribution in [-0.4, -0.2) is 39.1 Å². The maximum Gasteiger partial charge on any atom is 0.200 e. The number of allylic oxidation sites excluding steroid dienone is 6. The summed E-state index contributed by atoms with van der Waals surface area (Å²) in [6.45, 7) is 18.3. The highest BCUT2D eigenvalue weighted by Gasteiger charge is 2.81. The van der Waals surface area contributed by atoms with Crippen molar-refractivity contribution in [2.24, 2.45) is 11.8 Å². The summed E-state index contributed by atoms with van der Waals surface area (Å²) in [5, 5.41) is 11.8. The van der Waals surface area contributed by atoms with Gasteiger partial charge in [-0.15, -0.1) is 0 Å². The standard InChI is InChI=1S/C38H46O6/c1-21(2)11-10-16-36(9)17-15-25-30(39)29-31(40)27-19-24-20-28-35(7,8)44-37(34(24)41,18-14-23(5)6)38(27,28)43-33(29)26(32(25)42-36)13-12-22(3)4/h11-12,14-15,17,19,24,28,39H,10,13,16,18,20H2,1-9H3/t24-,28+,36-,37+,38-/m0/s1. The van der Waals surface area contributed by atoms with Crippen LogP contribution in [0, 0.1) is 11.8 Å². The third-order valence-corrected chi connectivity index (χ3v) is 10.2. The minimum Gasteiger partial charge on any atom is -0.506 e. The van der Waals surface area contributed by atoms with Crippen LogP contribution < -0.4 is 9.47 Å². The van der Waals surface area contributed by atoms with Gasteiger partial charge in [0.25, 0.3) is 0 Å². The number of phenolic OH excluding ortho intramolecular Hbond substituents is 1. The van der Waals surface area contributed by atoms with Crippen LogP contribution in [0.15, 0.2) is 52.7 Å². The molecule has 0 unspecified atom stereocenters. The number of carbonyl (C=O) groups is 2. The maximum absolute atomic E-state index is 14.7. The summed E-state index contributed by atoms with van der Waals surface area (Å²) in [7, 11) is 0. The minimum absolute atomic E-state index is 0.0316. The van der Waals surface area contributed by atoms with Crippen LogP contribution in [-0.2, 0) is 16.0 Å². The molecule has 6 heteroatoms. The van der Waals surface area contributed by atoms with Crippen LogP contribution in [0.2, 0.25) is 0 Å². The quantitative estimate of drug-likeness (QED) is 0.319. The molecule has 0 radical (unpaired) electrons. The molecule has 1 aromatic carbocycles. The van der Waals surface area contributed by atoms with E-state index in [1.807, 2.05) is 66.7 Å². The molecule has 44 heavy (non-hydrogen) atoms. The van der Waals surface area contributed by atoms with E-state index in [0.29, 0.717) is 47.5 Å². The molecule has 6 aliphatic rings. The highest BCUT2D eigenvalue weighted by atomic mass is 16.6. The van der Waals surface area contributed by atoms with Gasteiger partial charge in [-0.3, -0.25) is 9.59 Å². The first kappa shape index (κ1) is 30.6. The smallest absolute Gasteiger partial charge is 0.200 e. The highest BCUT2D eigenvalue weighted by Crippen LogP contribution is 2.68. The zero-order valence-electron chi connectivity index (χ0n) is 27.6. The number of ether oxygens (including phenoxy) is 3. The molecule has 5 atom stereocenters. The first-order valence-corrected chi connectivity index (χ1v) is 16.0. The summed E-state index contributed by atoms with van der Waals surface area (Å²) in [6.07, 6.45) is 14.9. The number of fused-ring (bicyclic) bond motifs is 2. The first-order chi connectivity index (χ1) is 20.6. The predicted octanol–water partition coefficient (Wildman–Crippen LogP) is 8.17. The van der Waals surface area contributed by atoms with Crippen molar-refractivity contribution in [3.63, 3.8) is 0 Å². The van der Waals surface area contributed by atoms with Crippen molar-refractivity contribution < 1.29 is 28.9 Å². The maximum atomic E-state index is 14.7. The second-order valence-electron chi connectivity index (χ2n) is 14.9. The van der Waals surface area contributed by atoms with Crippen molar-refractivity contribution in [2.75, 3.05) is 0 Å². The lowest BCUT2D eigenvalue weighted by molar-refractivity contribution is -0.171. The Bertz CT molecular complexity index is 1620. The molecule has 1 saturated heterocycles. The normalized spacial score (nSPS) is 31.6. The number of hydrogen-bond acceptors (Lipinski definition) is 6. The molecule has 0 amide bonds. The van der Waals surface area contributed by atoms with Gasteiger partial charge in [0.15, 0.2) is 22.8 Å². The lowest BCUT2D eigenvalue weighted by Crippen LogP contribution is -2.72. The van der Waals surface area contributed by atoms with Gasteiger partial charge in [-0.25, -0.2) is 0 Å². The summed E-state index contributed by atoms with van der Waals surface area (Å²) in [5.41, 5.74) is 1.22. The Labute approximate surface area is 261 Å². The lowest BCUT2D eigenvalue weighted by atomic mass is 9.51. The molecular formula is C38H46O6. The summed E-state index contributed by atoms with van der Waals surface area (Å²) in [6, 6.07) is 0. The number of benzene rings is 1. The molecule has 3 heterocycles. The number of ketones is 2. The molecule has 2 fully saturated rings. The third kappa shape index (κ3) is 4.23. The summed E-state index contributed by atoms with van der Waals surface area (Å²) in [5.74, 6) is -0.296. The molecule has 234 valence electrons. The number of aromatic hydroxyl groups is 1. The summed E-state index contributed by atoms with van der Waals surface area (Å²) >= 11 is 0. The van der Waals surface area contributed by atoms with Gasteiger partial charge >= 0.3 is 0 Å². The van der Waals surface area contributed by atoms with Crippen LogP contribution in [0.1, 0.15) is 109 Å².